The molecule has 32 heavy (non-hydrogen) atoms. The highest BCUT2D eigenvalue weighted by Gasteiger charge is 2.29. The van der Waals surface area contributed by atoms with E-state index in [-0.39, 0.29) is 17.5 Å². The van der Waals surface area contributed by atoms with Gasteiger partial charge in [-0.05, 0) is 30.5 Å². The van der Waals surface area contributed by atoms with E-state index in [1.807, 2.05) is 35.2 Å². The topological polar surface area (TPSA) is 78.6 Å². The third-order valence-corrected chi connectivity index (χ3v) is 6.01. The second-order valence-electron chi connectivity index (χ2n) is 7.97. The number of hydrogen-bond donors (Lipinski definition) is 0. The predicted molar refractivity (Wildman–Crippen MR) is 120 cm³/mol. The third-order valence-electron chi connectivity index (χ3n) is 6.01. The first kappa shape index (κ1) is 21.7. The zero-order valence-corrected chi connectivity index (χ0v) is 18.7. The maximum atomic E-state index is 13.1. The molecule has 0 spiro atoms. The van der Waals surface area contributed by atoms with Crippen LogP contribution in [0.2, 0.25) is 0 Å². The van der Waals surface area contributed by atoms with E-state index in [4.69, 9.17) is 9.47 Å². The highest BCUT2D eigenvalue weighted by Crippen LogP contribution is 2.30. The molecule has 1 amide bonds. The predicted octanol–water partition coefficient (Wildman–Crippen LogP) is 2.67. The van der Waals surface area contributed by atoms with Crippen molar-refractivity contribution in [3.05, 3.63) is 76.0 Å². The molecule has 1 aromatic heterocycles. The Hall–Kier alpha value is -3.55. The molecular formula is C24H28N4O4. The number of likely N-dealkylation sites (tertiary alicyclic amines) is 1. The van der Waals surface area contributed by atoms with Gasteiger partial charge in [-0.3, -0.25) is 9.36 Å². The molecule has 0 bridgehead atoms. The van der Waals surface area contributed by atoms with Crippen LogP contribution in [0.3, 0.4) is 0 Å². The van der Waals surface area contributed by atoms with Crippen LogP contribution < -0.4 is 15.2 Å². The molecule has 1 aliphatic heterocycles. The van der Waals surface area contributed by atoms with E-state index < -0.39 is 0 Å². The Bertz CT molecular complexity index is 1140. The number of piperidine rings is 1. The fraction of sp³-hybridized carbons (Fsp3) is 0.375. The lowest BCUT2D eigenvalue weighted by molar-refractivity contribution is 0.0706. The number of carbonyl (C=O) groups excluding carboxylic acids is 1. The minimum Gasteiger partial charge on any atom is -0.497 e. The summed E-state index contributed by atoms with van der Waals surface area (Å²) in [7, 11) is 4.81. The second kappa shape index (κ2) is 9.30. The van der Waals surface area contributed by atoms with Crippen LogP contribution >= 0.6 is 0 Å². The SMILES string of the molecule is COc1ccc(C(=O)N2CCC(c3nn(C)c(=O)n3Cc3ccccc3)CC2)c(OC)c1. The van der Waals surface area contributed by atoms with E-state index in [9.17, 15) is 9.59 Å². The largest absolute Gasteiger partial charge is 0.497 e. The zero-order chi connectivity index (χ0) is 22.7. The Morgan fingerprint density at radius 2 is 1.78 bits per heavy atom. The lowest BCUT2D eigenvalue weighted by atomic mass is 9.95. The normalized spacial score (nSPS) is 14.4. The Kier molecular flexibility index (Phi) is 6.30. The maximum Gasteiger partial charge on any atom is 0.345 e. The van der Waals surface area contributed by atoms with Crippen LogP contribution in [0.4, 0.5) is 0 Å². The quantitative estimate of drug-likeness (QED) is 0.594. The van der Waals surface area contributed by atoms with Crippen LogP contribution in [0.25, 0.3) is 0 Å². The maximum absolute atomic E-state index is 13.1. The van der Waals surface area contributed by atoms with E-state index in [0.717, 1.165) is 24.2 Å². The Morgan fingerprint density at radius 1 is 1.06 bits per heavy atom. The highest BCUT2D eigenvalue weighted by molar-refractivity contribution is 5.97. The second-order valence-corrected chi connectivity index (χ2v) is 7.97. The fourth-order valence-electron chi connectivity index (χ4n) is 4.23. The lowest BCUT2D eigenvalue weighted by Crippen LogP contribution is -2.38. The van der Waals surface area contributed by atoms with Crippen LogP contribution in [-0.2, 0) is 13.6 Å². The molecule has 1 saturated heterocycles. The number of carbonyl (C=O) groups is 1. The zero-order valence-electron chi connectivity index (χ0n) is 18.7. The van der Waals surface area contributed by atoms with E-state index in [1.54, 1.807) is 44.0 Å². The van der Waals surface area contributed by atoms with Crippen molar-refractivity contribution in [1.29, 1.82) is 0 Å². The molecule has 8 heteroatoms. The van der Waals surface area contributed by atoms with Crippen molar-refractivity contribution >= 4 is 5.91 Å². The molecule has 8 nitrogen and oxygen atoms in total. The molecule has 1 fully saturated rings. The van der Waals surface area contributed by atoms with Gasteiger partial charge in [-0.1, -0.05) is 30.3 Å². The van der Waals surface area contributed by atoms with Gasteiger partial charge in [0, 0.05) is 32.1 Å². The summed E-state index contributed by atoms with van der Waals surface area (Å²) in [6.07, 6.45) is 1.49. The Labute approximate surface area is 187 Å². The van der Waals surface area contributed by atoms with E-state index in [1.165, 1.54) is 4.68 Å². The smallest absolute Gasteiger partial charge is 0.345 e. The van der Waals surface area contributed by atoms with Gasteiger partial charge in [0.1, 0.15) is 17.3 Å². The minimum absolute atomic E-state index is 0.0642. The number of aromatic nitrogens is 3. The van der Waals surface area contributed by atoms with Crippen molar-refractivity contribution in [2.45, 2.75) is 25.3 Å². The molecule has 0 radical (unpaired) electrons. The first-order chi connectivity index (χ1) is 15.5. The standard InChI is InChI=1S/C24H28N4O4/c1-26-24(30)28(16-17-7-5-4-6-8-17)22(25-26)18-11-13-27(14-12-18)23(29)20-10-9-19(31-2)15-21(20)32-3/h4-10,15,18H,11-14,16H2,1-3H3. The first-order valence-corrected chi connectivity index (χ1v) is 10.7. The van der Waals surface area contributed by atoms with Crippen molar-refractivity contribution in [2.24, 2.45) is 7.05 Å². The number of amides is 1. The average Bonchev–Trinajstić information content (AvgIpc) is 3.12. The summed E-state index contributed by atoms with van der Waals surface area (Å²) >= 11 is 0. The molecule has 0 unspecified atom stereocenters. The summed E-state index contributed by atoms with van der Waals surface area (Å²) in [6, 6.07) is 15.1. The van der Waals surface area contributed by atoms with Crippen molar-refractivity contribution < 1.29 is 14.3 Å². The molecule has 168 valence electrons. The van der Waals surface area contributed by atoms with Gasteiger partial charge in [0.15, 0.2) is 0 Å². The number of ether oxygens (including phenoxy) is 2. The van der Waals surface area contributed by atoms with Crippen LogP contribution in [0, 0.1) is 0 Å². The van der Waals surface area contributed by atoms with Gasteiger partial charge < -0.3 is 14.4 Å². The van der Waals surface area contributed by atoms with Crippen molar-refractivity contribution in [1.82, 2.24) is 19.2 Å². The van der Waals surface area contributed by atoms with Crippen LogP contribution in [-0.4, -0.2) is 52.5 Å². The van der Waals surface area contributed by atoms with Crippen molar-refractivity contribution in [3.8, 4) is 11.5 Å². The number of nitrogens with zero attached hydrogens (tertiary/aromatic N) is 4. The van der Waals surface area contributed by atoms with Gasteiger partial charge in [0.05, 0.1) is 26.3 Å². The number of rotatable bonds is 6. The molecule has 4 rings (SSSR count). The highest BCUT2D eigenvalue weighted by atomic mass is 16.5. The summed E-state index contributed by atoms with van der Waals surface area (Å²) in [6.45, 7) is 1.68. The van der Waals surface area contributed by atoms with Gasteiger partial charge >= 0.3 is 5.69 Å². The number of benzene rings is 2. The van der Waals surface area contributed by atoms with Crippen molar-refractivity contribution in [2.75, 3.05) is 27.3 Å². The molecule has 0 atom stereocenters. The summed E-state index contributed by atoms with van der Waals surface area (Å²) in [5.41, 5.74) is 1.46. The molecule has 0 saturated carbocycles. The van der Waals surface area contributed by atoms with E-state index in [0.29, 0.717) is 36.7 Å². The van der Waals surface area contributed by atoms with E-state index in [2.05, 4.69) is 5.10 Å². The van der Waals surface area contributed by atoms with Gasteiger partial charge in [-0.15, -0.1) is 0 Å². The van der Waals surface area contributed by atoms with Crippen LogP contribution in [0.15, 0.2) is 53.3 Å². The van der Waals surface area contributed by atoms with Gasteiger partial charge in [0.2, 0.25) is 0 Å². The molecule has 3 aromatic rings. The van der Waals surface area contributed by atoms with Crippen LogP contribution in [0.1, 0.15) is 40.5 Å². The van der Waals surface area contributed by atoms with Gasteiger partial charge in [0.25, 0.3) is 5.91 Å². The molecule has 0 aliphatic carbocycles. The summed E-state index contributed by atoms with van der Waals surface area (Å²) in [5.74, 6) is 1.98. The summed E-state index contributed by atoms with van der Waals surface area (Å²) < 4.78 is 13.8. The monoisotopic (exact) mass is 436 g/mol. The molecule has 2 heterocycles. The third kappa shape index (κ3) is 4.26. The van der Waals surface area contributed by atoms with Gasteiger partial charge in [-0.2, -0.15) is 5.10 Å². The van der Waals surface area contributed by atoms with Gasteiger partial charge in [-0.25, -0.2) is 9.48 Å². The molecule has 1 aliphatic rings. The lowest BCUT2D eigenvalue weighted by Gasteiger charge is -2.32. The average molecular weight is 437 g/mol. The minimum atomic E-state index is -0.120. The number of aryl methyl sites for hydroxylation is 1. The number of hydrogen-bond acceptors (Lipinski definition) is 5. The number of methoxy groups -OCH3 is 2. The fourth-order valence-corrected chi connectivity index (χ4v) is 4.23. The van der Waals surface area contributed by atoms with E-state index >= 15 is 0 Å². The molecular weight excluding hydrogens is 408 g/mol. The summed E-state index contributed by atoms with van der Waals surface area (Å²) in [5, 5.41) is 4.53. The first-order valence-electron chi connectivity index (χ1n) is 10.7. The molecule has 0 N–H and O–H groups in total. The van der Waals surface area contributed by atoms with Crippen molar-refractivity contribution in [3.63, 3.8) is 0 Å². The molecule has 2 aromatic carbocycles. The Morgan fingerprint density at radius 3 is 2.44 bits per heavy atom. The van der Waals surface area contributed by atoms with Crippen LogP contribution in [0.5, 0.6) is 11.5 Å². The Balaban J connectivity index is 1.49. The summed E-state index contributed by atoms with van der Waals surface area (Å²) in [4.78, 5) is 27.6.